The van der Waals surface area contributed by atoms with Gasteiger partial charge in [-0.15, -0.1) is 0 Å². The van der Waals surface area contributed by atoms with Crippen molar-refractivity contribution in [2.24, 2.45) is 0 Å². The van der Waals surface area contributed by atoms with Gasteiger partial charge in [-0.2, -0.15) is 0 Å². The number of hydrogen-bond donors (Lipinski definition) is 1. The Labute approximate surface area is 127 Å². The molecule has 108 valence electrons. The standard InChI is InChI=1S/C14H18BrN3O2/c1-11(19)17-6-8-18(9-7-17)14(20)16-10-12-2-4-13(15)5-3-12/h2-5H,6-10H2,1H3,(H,16,20). The van der Waals surface area contributed by atoms with Crippen LogP contribution in [-0.2, 0) is 11.3 Å². The van der Waals surface area contributed by atoms with E-state index in [4.69, 9.17) is 0 Å². The molecule has 1 fully saturated rings. The first-order valence-electron chi connectivity index (χ1n) is 6.59. The van der Waals surface area contributed by atoms with E-state index >= 15 is 0 Å². The summed E-state index contributed by atoms with van der Waals surface area (Å²) in [5.74, 6) is 0.0694. The molecule has 5 nitrogen and oxygen atoms in total. The SMILES string of the molecule is CC(=O)N1CCN(C(=O)NCc2ccc(Br)cc2)CC1. The summed E-state index contributed by atoms with van der Waals surface area (Å²) in [4.78, 5) is 26.7. The zero-order valence-corrected chi connectivity index (χ0v) is 13.0. The average molecular weight is 340 g/mol. The predicted molar refractivity (Wildman–Crippen MR) is 80.2 cm³/mol. The summed E-state index contributed by atoms with van der Waals surface area (Å²) in [6.07, 6.45) is 0. The molecule has 3 amide bonds. The van der Waals surface area contributed by atoms with Crippen LogP contribution in [-0.4, -0.2) is 47.9 Å². The lowest BCUT2D eigenvalue weighted by molar-refractivity contribution is -0.130. The third-order valence-electron chi connectivity index (χ3n) is 3.37. The number of halogens is 1. The summed E-state index contributed by atoms with van der Waals surface area (Å²) in [6.45, 7) is 4.47. The van der Waals surface area contributed by atoms with E-state index in [1.807, 2.05) is 24.3 Å². The molecule has 1 aromatic rings. The van der Waals surface area contributed by atoms with E-state index in [2.05, 4.69) is 21.2 Å². The number of hydrogen-bond acceptors (Lipinski definition) is 2. The van der Waals surface area contributed by atoms with Gasteiger partial charge in [-0.25, -0.2) is 4.79 Å². The first-order valence-corrected chi connectivity index (χ1v) is 7.38. The summed E-state index contributed by atoms with van der Waals surface area (Å²) >= 11 is 3.38. The lowest BCUT2D eigenvalue weighted by Gasteiger charge is -2.34. The van der Waals surface area contributed by atoms with Crippen molar-refractivity contribution in [3.63, 3.8) is 0 Å². The van der Waals surface area contributed by atoms with Gasteiger partial charge in [0.05, 0.1) is 0 Å². The lowest BCUT2D eigenvalue weighted by Crippen LogP contribution is -2.52. The zero-order valence-electron chi connectivity index (χ0n) is 11.4. The van der Waals surface area contributed by atoms with Crippen LogP contribution >= 0.6 is 15.9 Å². The van der Waals surface area contributed by atoms with E-state index in [0.717, 1.165) is 10.0 Å². The topological polar surface area (TPSA) is 52.7 Å². The largest absolute Gasteiger partial charge is 0.339 e. The van der Waals surface area contributed by atoms with Crippen molar-refractivity contribution in [1.29, 1.82) is 0 Å². The number of urea groups is 1. The molecule has 0 aliphatic carbocycles. The molecule has 1 aromatic carbocycles. The molecule has 1 aliphatic rings. The van der Waals surface area contributed by atoms with Crippen LogP contribution in [0.4, 0.5) is 4.79 Å². The molecular formula is C14H18BrN3O2. The lowest BCUT2D eigenvalue weighted by atomic mass is 10.2. The van der Waals surface area contributed by atoms with E-state index in [9.17, 15) is 9.59 Å². The van der Waals surface area contributed by atoms with E-state index in [1.54, 1.807) is 16.7 Å². The molecule has 1 aliphatic heterocycles. The second-order valence-corrected chi connectivity index (χ2v) is 5.69. The zero-order chi connectivity index (χ0) is 14.5. The quantitative estimate of drug-likeness (QED) is 0.893. The van der Waals surface area contributed by atoms with Crippen molar-refractivity contribution in [3.8, 4) is 0 Å². The van der Waals surface area contributed by atoms with Crippen LogP contribution in [0, 0.1) is 0 Å². The van der Waals surface area contributed by atoms with Gasteiger partial charge in [0.15, 0.2) is 0 Å². The molecule has 0 aromatic heterocycles. The summed E-state index contributed by atoms with van der Waals surface area (Å²) in [6, 6.07) is 7.77. The van der Waals surface area contributed by atoms with Gasteiger partial charge in [0.2, 0.25) is 5.91 Å². The van der Waals surface area contributed by atoms with E-state index in [-0.39, 0.29) is 11.9 Å². The van der Waals surface area contributed by atoms with Gasteiger partial charge in [-0.1, -0.05) is 28.1 Å². The first-order chi connectivity index (χ1) is 9.56. The van der Waals surface area contributed by atoms with Gasteiger partial charge in [0, 0.05) is 44.1 Å². The highest BCUT2D eigenvalue weighted by Gasteiger charge is 2.21. The first kappa shape index (κ1) is 14.8. The normalized spacial score (nSPS) is 15.1. The Hall–Kier alpha value is -1.56. The molecule has 1 saturated heterocycles. The van der Waals surface area contributed by atoms with Crippen molar-refractivity contribution in [3.05, 3.63) is 34.3 Å². The average Bonchev–Trinajstić information content (AvgIpc) is 2.46. The monoisotopic (exact) mass is 339 g/mol. The van der Waals surface area contributed by atoms with Crippen LogP contribution in [0.15, 0.2) is 28.7 Å². The number of nitrogens with one attached hydrogen (secondary N) is 1. The number of rotatable bonds is 2. The number of piperazine rings is 1. The molecule has 1 N–H and O–H groups in total. The van der Waals surface area contributed by atoms with Gasteiger partial charge in [-0.05, 0) is 17.7 Å². The highest BCUT2D eigenvalue weighted by molar-refractivity contribution is 9.10. The van der Waals surface area contributed by atoms with Crippen molar-refractivity contribution in [2.75, 3.05) is 26.2 Å². The van der Waals surface area contributed by atoms with Crippen LogP contribution in [0.3, 0.4) is 0 Å². The molecule has 0 bridgehead atoms. The summed E-state index contributed by atoms with van der Waals surface area (Å²) in [7, 11) is 0. The van der Waals surface area contributed by atoms with Crippen LogP contribution in [0.25, 0.3) is 0 Å². The summed E-state index contributed by atoms with van der Waals surface area (Å²) < 4.78 is 1.02. The molecule has 0 radical (unpaired) electrons. The van der Waals surface area contributed by atoms with Crippen LogP contribution < -0.4 is 5.32 Å². The van der Waals surface area contributed by atoms with Crippen molar-refractivity contribution < 1.29 is 9.59 Å². The maximum absolute atomic E-state index is 12.0. The molecule has 0 unspecified atom stereocenters. The Balaban J connectivity index is 1.78. The number of nitrogens with zero attached hydrogens (tertiary/aromatic N) is 2. The fourth-order valence-corrected chi connectivity index (χ4v) is 2.38. The van der Waals surface area contributed by atoms with Crippen molar-refractivity contribution in [2.45, 2.75) is 13.5 Å². The molecule has 0 saturated carbocycles. The maximum Gasteiger partial charge on any atom is 0.317 e. The Bertz CT molecular complexity index is 482. The molecule has 0 spiro atoms. The number of carbonyl (C=O) groups excluding carboxylic acids is 2. The number of amides is 3. The molecule has 0 atom stereocenters. The Morgan fingerprint density at radius 1 is 1.10 bits per heavy atom. The second kappa shape index (κ2) is 6.74. The van der Waals surface area contributed by atoms with Gasteiger partial charge in [0.1, 0.15) is 0 Å². The Kier molecular flexibility index (Phi) is 5.00. The van der Waals surface area contributed by atoms with Crippen LogP contribution in [0.1, 0.15) is 12.5 Å². The van der Waals surface area contributed by atoms with E-state index < -0.39 is 0 Å². The second-order valence-electron chi connectivity index (χ2n) is 4.78. The minimum Gasteiger partial charge on any atom is -0.339 e. The maximum atomic E-state index is 12.0. The van der Waals surface area contributed by atoms with Crippen LogP contribution in [0.2, 0.25) is 0 Å². The van der Waals surface area contributed by atoms with Gasteiger partial charge in [-0.3, -0.25) is 4.79 Å². The van der Waals surface area contributed by atoms with Crippen molar-refractivity contribution >= 4 is 27.9 Å². The third-order valence-corrected chi connectivity index (χ3v) is 3.90. The van der Waals surface area contributed by atoms with Crippen molar-refractivity contribution in [1.82, 2.24) is 15.1 Å². The summed E-state index contributed by atoms with van der Waals surface area (Å²) in [5.41, 5.74) is 1.06. The molecule has 1 heterocycles. The molecule has 6 heteroatoms. The predicted octanol–water partition coefficient (Wildman–Crippen LogP) is 1.82. The van der Waals surface area contributed by atoms with Crippen LogP contribution in [0.5, 0.6) is 0 Å². The minimum absolute atomic E-state index is 0.0694. The minimum atomic E-state index is -0.0730. The third kappa shape index (κ3) is 3.96. The Morgan fingerprint density at radius 3 is 2.20 bits per heavy atom. The summed E-state index contributed by atoms with van der Waals surface area (Å²) in [5, 5.41) is 2.90. The highest BCUT2D eigenvalue weighted by Crippen LogP contribution is 2.10. The smallest absolute Gasteiger partial charge is 0.317 e. The molecule has 20 heavy (non-hydrogen) atoms. The van der Waals surface area contributed by atoms with Gasteiger partial charge < -0.3 is 15.1 Å². The van der Waals surface area contributed by atoms with E-state index in [1.165, 1.54) is 0 Å². The molecule has 2 rings (SSSR count). The van der Waals surface area contributed by atoms with Gasteiger partial charge >= 0.3 is 6.03 Å². The highest BCUT2D eigenvalue weighted by atomic mass is 79.9. The van der Waals surface area contributed by atoms with E-state index in [0.29, 0.717) is 32.7 Å². The Morgan fingerprint density at radius 2 is 1.65 bits per heavy atom. The fourth-order valence-electron chi connectivity index (χ4n) is 2.12. The van der Waals surface area contributed by atoms with Gasteiger partial charge in [0.25, 0.3) is 0 Å². The number of benzene rings is 1. The fraction of sp³-hybridized carbons (Fsp3) is 0.429. The number of carbonyl (C=O) groups is 2. The molecular weight excluding hydrogens is 322 g/mol.